The third kappa shape index (κ3) is 4.76. The Balaban J connectivity index is 1.82. The van der Waals surface area contributed by atoms with E-state index in [0.717, 1.165) is 11.1 Å². The molecule has 0 saturated carbocycles. The molecule has 3 rings (SSSR count). The van der Waals surface area contributed by atoms with Crippen molar-refractivity contribution in [2.24, 2.45) is 0 Å². The lowest BCUT2D eigenvalue weighted by Gasteiger charge is -2.10. The normalized spacial score (nSPS) is 12.0. The minimum atomic E-state index is -1.08. The fraction of sp³-hybridized carbons (Fsp3) is 0.143. The first-order chi connectivity index (χ1) is 13.4. The molecule has 0 spiro atoms. The topological polar surface area (TPSA) is 54.4 Å². The number of Topliss-reactive ketones (excluding diaryl/α,β-unsaturated/α-hetero) is 1. The van der Waals surface area contributed by atoms with Crippen molar-refractivity contribution < 1.29 is 14.7 Å². The van der Waals surface area contributed by atoms with Gasteiger partial charge in [0.05, 0.1) is 10.9 Å². The van der Waals surface area contributed by atoms with E-state index in [4.69, 9.17) is 34.8 Å². The molecule has 0 aliphatic rings. The summed E-state index contributed by atoms with van der Waals surface area (Å²) >= 11 is 19.6. The van der Waals surface area contributed by atoms with Gasteiger partial charge in [-0.25, -0.2) is 4.79 Å². The molecule has 7 heteroatoms. The first kappa shape index (κ1) is 20.9. The van der Waals surface area contributed by atoms with Crippen LogP contribution in [0.3, 0.4) is 0 Å². The van der Waals surface area contributed by atoms with Crippen molar-refractivity contribution >= 4 is 57.9 Å². The molecule has 3 nitrogen and oxygen atoms in total. The zero-order valence-electron chi connectivity index (χ0n) is 14.5. The lowest BCUT2D eigenvalue weighted by atomic mass is 9.99. The predicted octanol–water partition coefficient (Wildman–Crippen LogP) is 6.38. The molecule has 144 valence electrons. The van der Waals surface area contributed by atoms with Gasteiger partial charge in [-0.3, -0.25) is 4.79 Å². The summed E-state index contributed by atoms with van der Waals surface area (Å²) in [7, 11) is 0. The first-order valence-electron chi connectivity index (χ1n) is 8.36. The fourth-order valence-corrected chi connectivity index (χ4v) is 4.49. The molecule has 1 unspecified atom stereocenters. The molecule has 0 bridgehead atoms. The number of ketones is 1. The van der Waals surface area contributed by atoms with Gasteiger partial charge in [0.2, 0.25) is 0 Å². The van der Waals surface area contributed by atoms with Crippen molar-refractivity contribution in [2.45, 2.75) is 18.2 Å². The number of hydrogen-bond acceptors (Lipinski definition) is 3. The summed E-state index contributed by atoms with van der Waals surface area (Å²) in [6, 6.07) is 14.1. The quantitative estimate of drug-likeness (QED) is 0.422. The van der Waals surface area contributed by atoms with E-state index in [1.54, 1.807) is 41.8 Å². The van der Waals surface area contributed by atoms with Crippen molar-refractivity contribution in [2.75, 3.05) is 0 Å². The number of benzene rings is 2. The van der Waals surface area contributed by atoms with Gasteiger partial charge in [-0.05, 0) is 46.7 Å². The summed E-state index contributed by atoms with van der Waals surface area (Å²) in [5.41, 5.74) is 2.10. The maximum absolute atomic E-state index is 12.6. The van der Waals surface area contributed by atoms with Gasteiger partial charge in [0.1, 0.15) is 0 Å². The van der Waals surface area contributed by atoms with Crippen LogP contribution in [-0.4, -0.2) is 22.2 Å². The number of aromatic carboxylic acids is 1. The zero-order valence-corrected chi connectivity index (χ0v) is 17.6. The van der Waals surface area contributed by atoms with Crippen LogP contribution in [0.5, 0.6) is 0 Å². The van der Waals surface area contributed by atoms with Crippen LogP contribution < -0.4 is 0 Å². The van der Waals surface area contributed by atoms with E-state index < -0.39 is 11.3 Å². The van der Waals surface area contributed by atoms with Crippen molar-refractivity contribution in [1.82, 2.24) is 0 Å². The standard InChI is InChI=1S/C21H15Cl3O3S/c22-15-7-5-12(6-8-15)20-19(21(26)27)14(11-28-20)10-18(25)17(24)9-13-3-1-2-4-16(13)23/h1-8,11,17H,9-10H2,(H,26,27). The van der Waals surface area contributed by atoms with Crippen LogP contribution in [0, 0.1) is 0 Å². The van der Waals surface area contributed by atoms with Gasteiger partial charge in [-0.1, -0.05) is 53.5 Å². The van der Waals surface area contributed by atoms with Gasteiger partial charge in [0.15, 0.2) is 5.78 Å². The Morgan fingerprint density at radius 3 is 2.32 bits per heavy atom. The predicted molar refractivity (Wildman–Crippen MR) is 115 cm³/mol. The van der Waals surface area contributed by atoms with Crippen LogP contribution in [0.2, 0.25) is 10.0 Å². The number of carboxylic acid groups (broad SMARTS) is 1. The smallest absolute Gasteiger partial charge is 0.337 e. The molecule has 1 N–H and O–H groups in total. The van der Waals surface area contributed by atoms with E-state index in [9.17, 15) is 14.7 Å². The number of alkyl halides is 1. The number of carbonyl (C=O) groups excluding carboxylic acids is 1. The number of halogens is 3. The molecular formula is C21H15Cl3O3S. The lowest BCUT2D eigenvalue weighted by Crippen LogP contribution is -2.20. The molecule has 0 saturated heterocycles. The lowest BCUT2D eigenvalue weighted by molar-refractivity contribution is -0.118. The van der Waals surface area contributed by atoms with E-state index in [1.807, 2.05) is 12.1 Å². The van der Waals surface area contributed by atoms with Gasteiger partial charge in [-0.15, -0.1) is 22.9 Å². The summed E-state index contributed by atoms with van der Waals surface area (Å²) in [5.74, 6) is -1.32. The molecule has 0 amide bonds. The van der Waals surface area contributed by atoms with Crippen LogP contribution in [0.25, 0.3) is 10.4 Å². The highest BCUT2D eigenvalue weighted by Crippen LogP contribution is 2.34. The number of rotatable bonds is 7. The highest BCUT2D eigenvalue weighted by atomic mass is 35.5. The summed E-state index contributed by atoms with van der Waals surface area (Å²) in [6.07, 6.45) is 0.237. The van der Waals surface area contributed by atoms with Gasteiger partial charge < -0.3 is 5.11 Å². The van der Waals surface area contributed by atoms with E-state index in [2.05, 4.69) is 0 Å². The third-order valence-electron chi connectivity index (χ3n) is 4.26. The summed E-state index contributed by atoms with van der Waals surface area (Å²) in [4.78, 5) is 25.0. The van der Waals surface area contributed by atoms with Crippen molar-refractivity contribution in [3.05, 3.63) is 80.6 Å². The molecule has 1 atom stereocenters. The highest BCUT2D eigenvalue weighted by Gasteiger charge is 2.24. The Morgan fingerprint density at radius 1 is 1.00 bits per heavy atom. The van der Waals surface area contributed by atoms with Crippen LogP contribution in [0.4, 0.5) is 0 Å². The number of hydrogen-bond donors (Lipinski definition) is 1. The minimum Gasteiger partial charge on any atom is -0.478 e. The van der Waals surface area contributed by atoms with Crippen molar-refractivity contribution in [3.8, 4) is 10.4 Å². The number of carboxylic acids is 1. The Labute approximate surface area is 181 Å². The molecule has 2 aromatic carbocycles. The third-order valence-corrected chi connectivity index (χ3v) is 6.35. The highest BCUT2D eigenvalue weighted by molar-refractivity contribution is 7.14. The van der Waals surface area contributed by atoms with Crippen LogP contribution >= 0.6 is 46.1 Å². The zero-order chi connectivity index (χ0) is 20.3. The Kier molecular flexibility index (Phi) is 6.78. The number of thiophene rings is 1. The monoisotopic (exact) mass is 452 g/mol. The Morgan fingerprint density at radius 2 is 1.68 bits per heavy atom. The van der Waals surface area contributed by atoms with E-state index in [-0.39, 0.29) is 24.2 Å². The second-order valence-corrected chi connectivity index (χ2v) is 8.43. The maximum atomic E-state index is 12.6. The molecule has 3 aromatic rings. The second-order valence-electron chi connectivity index (χ2n) is 6.18. The Bertz CT molecular complexity index is 1010. The van der Waals surface area contributed by atoms with Gasteiger partial charge >= 0.3 is 5.97 Å². The molecule has 0 aliphatic heterocycles. The summed E-state index contributed by atoms with van der Waals surface area (Å²) < 4.78 is 0. The van der Waals surface area contributed by atoms with Gasteiger partial charge in [0, 0.05) is 21.3 Å². The summed E-state index contributed by atoms with van der Waals surface area (Å²) in [6.45, 7) is 0. The van der Waals surface area contributed by atoms with Crippen LogP contribution in [0.1, 0.15) is 21.5 Å². The van der Waals surface area contributed by atoms with Crippen molar-refractivity contribution in [3.63, 3.8) is 0 Å². The molecule has 0 aliphatic carbocycles. The number of carbonyl (C=O) groups is 2. The maximum Gasteiger partial charge on any atom is 0.337 e. The fourth-order valence-electron chi connectivity index (χ4n) is 2.84. The first-order valence-corrected chi connectivity index (χ1v) is 10.4. The molecular weight excluding hydrogens is 439 g/mol. The molecule has 28 heavy (non-hydrogen) atoms. The molecule has 0 radical (unpaired) electrons. The summed E-state index contributed by atoms with van der Waals surface area (Å²) in [5, 5.41) is 11.7. The van der Waals surface area contributed by atoms with E-state index >= 15 is 0 Å². The minimum absolute atomic E-state index is 0.0512. The largest absolute Gasteiger partial charge is 0.478 e. The van der Waals surface area contributed by atoms with E-state index in [1.165, 1.54) is 11.3 Å². The average molecular weight is 454 g/mol. The van der Waals surface area contributed by atoms with E-state index in [0.29, 0.717) is 20.5 Å². The van der Waals surface area contributed by atoms with Gasteiger partial charge in [-0.2, -0.15) is 0 Å². The second kappa shape index (κ2) is 9.10. The molecule has 1 heterocycles. The van der Waals surface area contributed by atoms with Crippen LogP contribution in [-0.2, 0) is 17.6 Å². The van der Waals surface area contributed by atoms with Crippen molar-refractivity contribution in [1.29, 1.82) is 0 Å². The Hall–Kier alpha value is -1.85. The molecule has 1 aromatic heterocycles. The van der Waals surface area contributed by atoms with Crippen LogP contribution in [0.15, 0.2) is 53.9 Å². The van der Waals surface area contributed by atoms with Gasteiger partial charge in [0.25, 0.3) is 0 Å². The molecule has 0 fully saturated rings. The average Bonchev–Trinajstić information content (AvgIpc) is 3.08. The SMILES string of the molecule is O=C(O)c1c(CC(=O)C(Cl)Cc2ccccc2Cl)csc1-c1ccc(Cl)cc1.